The average Bonchev–Trinajstić information content (AvgIpc) is 2.71. The highest BCUT2D eigenvalue weighted by atomic mass is 35.5. The van der Waals surface area contributed by atoms with Crippen molar-refractivity contribution in [2.45, 2.75) is 55.6 Å². The first-order valence-corrected chi connectivity index (χ1v) is 11.9. The number of aliphatic hydroxyl groups excluding tert-OH is 1. The molecule has 29 heavy (non-hydrogen) atoms. The Morgan fingerprint density at radius 2 is 1.90 bits per heavy atom. The third-order valence-electron chi connectivity index (χ3n) is 6.23. The molecule has 0 aliphatic heterocycles. The number of amides is 1. The molecule has 3 nitrogen and oxygen atoms in total. The molecule has 3 atom stereocenters. The summed E-state index contributed by atoms with van der Waals surface area (Å²) in [6.45, 7) is 1.90. The molecule has 0 bridgehead atoms. The van der Waals surface area contributed by atoms with Crippen molar-refractivity contribution in [1.82, 2.24) is 4.90 Å². The average molecular weight is 432 g/mol. The minimum atomic E-state index is -0.725. The minimum absolute atomic E-state index is 0.0485. The number of aliphatic hydroxyl groups is 1. The van der Waals surface area contributed by atoms with E-state index in [9.17, 15) is 9.90 Å². The van der Waals surface area contributed by atoms with Gasteiger partial charge in [-0.15, -0.1) is 11.8 Å². The van der Waals surface area contributed by atoms with Gasteiger partial charge in [-0.2, -0.15) is 0 Å². The van der Waals surface area contributed by atoms with Gasteiger partial charge in [0, 0.05) is 11.9 Å². The second kappa shape index (κ2) is 10.0. The van der Waals surface area contributed by atoms with Crippen LogP contribution in [0.3, 0.4) is 0 Å². The zero-order valence-electron chi connectivity index (χ0n) is 17.3. The van der Waals surface area contributed by atoms with Crippen molar-refractivity contribution in [3.05, 3.63) is 64.7 Å². The van der Waals surface area contributed by atoms with E-state index in [2.05, 4.69) is 0 Å². The standard InChI is InChI=1S/C24H30ClNO2S/c1-16(23(27)18-10-5-4-6-11-18)26(2)24(28)20(14-17-8-7-9-17)19-12-13-22(29-3)21(25)15-19/h4-6,10-13,15-17,20,23,27H,7-9,14H2,1-3H3/t16-,20-,23-/m1/s1. The maximum atomic E-state index is 13.5. The summed E-state index contributed by atoms with van der Waals surface area (Å²) in [4.78, 5) is 16.3. The van der Waals surface area contributed by atoms with Gasteiger partial charge in [-0.3, -0.25) is 4.79 Å². The molecule has 0 aromatic heterocycles. The van der Waals surface area contributed by atoms with Gasteiger partial charge in [0.1, 0.15) is 0 Å². The van der Waals surface area contributed by atoms with E-state index in [-0.39, 0.29) is 17.9 Å². The van der Waals surface area contributed by atoms with Crippen molar-refractivity contribution in [1.29, 1.82) is 0 Å². The monoisotopic (exact) mass is 431 g/mol. The molecule has 156 valence electrons. The summed E-state index contributed by atoms with van der Waals surface area (Å²) < 4.78 is 0. The van der Waals surface area contributed by atoms with E-state index in [1.807, 2.05) is 61.7 Å². The van der Waals surface area contributed by atoms with E-state index in [0.717, 1.165) is 22.4 Å². The molecule has 3 rings (SSSR count). The summed E-state index contributed by atoms with van der Waals surface area (Å²) in [5.74, 6) is 0.405. The Hall–Kier alpha value is -1.49. The van der Waals surface area contributed by atoms with Gasteiger partial charge in [-0.25, -0.2) is 0 Å². The fraction of sp³-hybridized carbons (Fsp3) is 0.458. The summed E-state index contributed by atoms with van der Waals surface area (Å²) in [5, 5.41) is 11.5. The zero-order chi connectivity index (χ0) is 21.0. The number of thioether (sulfide) groups is 1. The highest BCUT2D eigenvalue weighted by Gasteiger charge is 2.33. The van der Waals surface area contributed by atoms with Crippen LogP contribution in [-0.2, 0) is 4.79 Å². The van der Waals surface area contributed by atoms with Crippen LogP contribution in [0.2, 0.25) is 5.02 Å². The Balaban J connectivity index is 1.82. The van der Waals surface area contributed by atoms with E-state index in [4.69, 9.17) is 11.6 Å². The van der Waals surface area contributed by atoms with Gasteiger partial charge in [0.2, 0.25) is 5.91 Å². The topological polar surface area (TPSA) is 40.5 Å². The number of carbonyl (C=O) groups is 1. The van der Waals surface area contributed by atoms with Gasteiger partial charge in [-0.05, 0) is 48.8 Å². The molecule has 2 aromatic rings. The normalized spacial score (nSPS) is 17.3. The van der Waals surface area contributed by atoms with Crippen LogP contribution in [0.4, 0.5) is 0 Å². The lowest BCUT2D eigenvalue weighted by Crippen LogP contribution is -2.42. The molecule has 2 aromatic carbocycles. The Morgan fingerprint density at radius 3 is 2.45 bits per heavy atom. The molecule has 5 heteroatoms. The number of benzene rings is 2. The number of rotatable bonds is 8. The Bertz CT molecular complexity index is 825. The summed E-state index contributed by atoms with van der Waals surface area (Å²) in [6.07, 6.45) is 5.73. The lowest BCUT2D eigenvalue weighted by Gasteiger charge is -2.35. The molecule has 1 amide bonds. The van der Waals surface area contributed by atoms with E-state index in [1.165, 1.54) is 19.3 Å². The molecular weight excluding hydrogens is 402 g/mol. The molecule has 1 fully saturated rings. The van der Waals surface area contributed by atoms with Gasteiger partial charge in [0.05, 0.1) is 23.1 Å². The van der Waals surface area contributed by atoms with Crippen molar-refractivity contribution in [2.24, 2.45) is 5.92 Å². The molecule has 0 radical (unpaired) electrons. The van der Waals surface area contributed by atoms with E-state index < -0.39 is 6.10 Å². The lowest BCUT2D eigenvalue weighted by molar-refractivity contribution is -0.136. The Kier molecular flexibility index (Phi) is 7.66. The van der Waals surface area contributed by atoms with E-state index in [1.54, 1.807) is 23.7 Å². The summed E-state index contributed by atoms with van der Waals surface area (Å²) in [5.41, 5.74) is 1.79. The third kappa shape index (κ3) is 5.17. The minimum Gasteiger partial charge on any atom is -0.386 e. The first-order chi connectivity index (χ1) is 13.9. The second-order valence-corrected chi connectivity index (χ2v) is 9.28. The molecule has 0 unspecified atom stereocenters. The van der Waals surface area contributed by atoms with Crippen molar-refractivity contribution >= 4 is 29.3 Å². The van der Waals surface area contributed by atoms with Gasteiger partial charge < -0.3 is 10.0 Å². The van der Waals surface area contributed by atoms with Crippen LogP contribution in [0.5, 0.6) is 0 Å². The van der Waals surface area contributed by atoms with Crippen molar-refractivity contribution in [3.8, 4) is 0 Å². The highest BCUT2D eigenvalue weighted by Crippen LogP contribution is 2.39. The van der Waals surface area contributed by atoms with E-state index >= 15 is 0 Å². The first kappa shape index (κ1) is 22.2. The highest BCUT2D eigenvalue weighted by molar-refractivity contribution is 7.98. The van der Waals surface area contributed by atoms with Crippen LogP contribution < -0.4 is 0 Å². The van der Waals surface area contributed by atoms with Crippen LogP contribution in [0, 0.1) is 5.92 Å². The molecule has 0 saturated heterocycles. The van der Waals surface area contributed by atoms with Gasteiger partial charge >= 0.3 is 0 Å². The number of carbonyl (C=O) groups excluding carboxylic acids is 1. The number of halogens is 1. The number of hydrogen-bond donors (Lipinski definition) is 1. The van der Waals surface area contributed by atoms with Crippen LogP contribution in [0.25, 0.3) is 0 Å². The van der Waals surface area contributed by atoms with Gasteiger partial charge in [-0.1, -0.05) is 67.3 Å². The zero-order valence-corrected chi connectivity index (χ0v) is 18.9. The summed E-state index contributed by atoms with van der Waals surface area (Å²) >= 11 is 8.06. The SMILES string of the molecule is CSc1ccc([C@@H](CC2CCC2)C(=O)N(C)[C@H](C)[C@@H](O)c2ccccc2)cc1Cl. The molecule has 1 N–H and O–H groups in total. The fourth-order valence-corrected chi connectivity index (χ4v) is 4.81. The van der Waals surface area contributed by atoms with Crippen LogP contribution in [0.15, 0.2) is 53.4 Å². The fourth-order valence-electron chi connectivity index (χ4n) is 3.93. The Morgan fingerprint density at radius 1 is 1.21 bits per heavy atom. The molecule has 0 spiro atoms. The molecule has 0 heterocycles. The van der Waals surface area contributed by atoms with Gasteiger partial charge in [0.15, 0.2) is 0 Å². The maximum Gasteiger partial charge on any atom is 0.230 e. The van der Waals surface area contributed by atoms with Crippen molar-refractivity contribution in [3.63, 3.8) is 0 Å². The maximum absolute atomic E-state index is 13.5. The Labute approximate surface area is 183 Å². The first-order valence-electron chi connectivity index (χ1n) is 10.3. The largest absolute Gasteiger partial charge is 0.386 e. The molecular formula is C24H30ClNO2S. The van der Waals surface area contributed by atoms with Crippen molar-refractivity contribution < 1.29 is 9.90 Å². The smallest absolute Gasteiger partial charge is 0.230 e. The van der Waals surface area contributed by atoms with Crippen LogP contribution in [-0.4, -0.2) is 35.3 Å². The molecule has 1 saturated carbocycles. The lowest BCUT2D eigenvalue weighted by atomic mass is 9.76. The predicted octanol–water partition coefficient (Wildman–Crippen LogP) is 5.92. The van der Waals surface area contributed by atoms with E-state index in [0.29, 0.717) is 10.9 Å². The van der Waals surface area contributed by atoms with Gasteiger partial charge in [0.25, 0.3) is 0 Å². The van der Waals surface area contributed by atoms with Crippen LogP contribution in [0.1, 0.15) is 55.8 Å². The van der Waals surface area contributed by atoms with Crippen LogP contribution >= 0.6 is 23.4 Å². The summed E-state index contributed by atoms with van der Waals surface area (Å²) in [7, 11) is 1.80. The second-order valence-electron chi connectivity index (χ2n) is 8.02. The molecule has 1 aliphatic rings. The number of likely N-dealkylation sites (N-methyl/N-ethyl adjacent to an activating group) is 1. The quantitative estimate of drug-likeness (QED) is 0.527. The third-order valence-corrected chi connectivity index (χ3v) is 7.45. The summed E-state index contributed by atoms with van der Waals surface area (Å²) in [6, 6.07) is 15.2. The predicted molar refractivity (Wildman–Crippen MR) is 122 cm³/mol. The number of nitrogens with zero attached hydrogens (tertiary/aromatic N) is 1. The number of hydrogen-bond acceptors (Lipinski definition) is 3. The van der Waals surface area contributed by atoms with Crippen molar-refractivity contribution in [2.75, 3.05) is 13.3 Å². The molecule has 1 aliphatic carbocycles.